The zero-order valence-electron chi connectivity index (χ0n) is 12.0. The highest BCUT2D eigenvalue weighted by Gasteiger charge is 2.36. The van der Waals surface area contributed by atoms with E-state index in [1.807, 2.05) is 0 Å². The summed E-state index contributed by atoms with van der Waals surface area (Å²) < 4.78 is 0. The van der Waals surface area contributed by atoms with E-state index in [4.69, 9.17) is 0 Å². The maximum atomic E-state index is 11.8. The van der Waals surface area contributed by atoms with Crippen LogP contribution in [-0.4, -0.2) is 29.2 Å². The molecule has 0 radical (unpaired) electrons. The number of nitrogens with one attached hydrogen (secondary N) is 2. The first-order valence-electron chi connectivity index (χ1n) is 7.33. The second-order valence-electron chi connectivity index (χ2n) is 5.41. The van der Waals surface area contributed by atoms with Gasteiger partial charge in [-0.3, -0.25) is 0 Å². The van der Waals surface area contributed by atoms with Gasteiger partial charge in [0.1, 0.15) is 5.54 Å². The SMILES string of the molecule is CCC(CC)(NC(=O)NCCC1CCCC1)C(=O)O. The highest BCUT2D eigenvalue weighted by molar-refractivity contribution is 5.86. The molecule has 0 aromatic heterocycles. The Labute approximate surface area is 115 Å². The molecule has 0 aromatic carbocycles. The second-order valence-corrected chi connectivity index (χ2v) is 5.41. The number of carbonyl (C=O) groups is 2. The Morgan fingerprint density at radius 3 is 2.26 bits per heavy atom. The van der Waals surface area contributed by atoms with Gasteiger partial charge in [-0.2, -0.15) is 0 Å². The van der Waals surface area contributed by atoms with Gasteiger partial charge in [0.05, 0.1) is 0 Å². The molecule has 0 unspecified atom stereocenters. The van der Waals surface area contributed by atoms with Gasteiger partial charge < -0.3 is 15.7 Å². The van der Waals surface area contributed by atoms with Crippen LogP contribution >= 0.6 is 0 Å². The molecule has 1 saturated carbocycles. The summed E-state index contributed by atoms with van der Waals surface area (Å²) in [4.78, 5) is 23.0. The summed E-state index contributed by atoms with van der Waals surface area (Å²) in [7, 11) is 0. The van der Waals surface area contributed by atoms with Crippen molar-refractivity contribution in [1.29, 1.82) is 0 Å². The van der Waals surface area contributed by atoms with E-state index in [2.05, 4.69) is 10.6 Å². The fourth-order valence-corrected chi connectivity index (χ4v) is 2.73. The summed E-state index contributed by atoms with van der Waals surface area (Å²) in [6.07, 6.45) is 6.86. The molecule has 0 aliphatic heterocycles. The zero-order valence-corrected chi connectivity index (χ0v) is 12.0. The minimum absolute atomic E-state index is 0.371. The van der Waals surface area contributed by atoms with Crippen LogP contribution in [0.2, 0.25) is 0 Å². The minimum Gasteiger partial charge on any atom is -0.480 e. The molecule has 0 bridgehead atoms. The number of carboxylic acids is 1. The number of hydrogen-bond donors (Lipinski definition) is 3. The van der Waals surface area contributed by atoms with E-state index in [1.54, 1.807) is 13.8 Å². The van der Waals surface area contributed by atoms with Crippen molar-refractivity contribution in [3.05, 3.63) is 0 Å². The lowest BCUT2D eigenvalue weighted by Gasteiger charge is -2.28. The highest BCUT2D eigenvalue weighted by Crippen LogP contribution is 2.26. The fraction of sp³-hybridized carbons (Fsp3) is 0.857. The van der Waals surface area contributed by atoms with Crippen LogP contribution in [-0.2, 0) is 4.79 Å². The molecule has 19 heavy (non-hydrogen) atoms. The van der Waals surface area contributed by atoms with Crippen molar-refractivity contribution in [2.75, 3.05) is 6.54 Å². The Hall–Kier alpha value is -1.26. The van der Waals surface area contributed by atoms with E-state index in [-0.39, 0.29) is 6.03 Å². The molecule has 0 aromatic rings. The lowest BCUT2D eigenvalue weighted by atomic mass is 9.93. The highest BCUT2D eigenvalue weighted by atomic mass is 16.4. The molecule has 2 amide bonds. The standard InChI is InChI=1S/C14H26N2O3/c1-3-14(4-2,12(17)18)16-13(19)15-10-9-11-7-5-6-8-11/h11H,3-10H2,1-2H3,(H,17,18)(H2,15,16,19). The fourth-order valence-electron chi connectivity index (χ4n) is 2.73. The van der Waals surface area contributed by atoms with Crippen molar-refractivity contribution in [2.24, 2.45) is 5.92 Å². The molecule has 1 aliphatic rings. The third kappa shape index (κ3) is 4.40. The van der Waals surface area contributed by atoms with E-state index >= 15 is 0 Å². The molecular formula is C14H26N2O3. The normalized spacial score (nSPS) is 16.3. The van der Waals surface area contributed by atoms with E-state index in [0.717, 1.165) is 12.3 Å². The predicted molar refractivity (Wildman–Crippen MR) is 74.1 cm³/mol. The van der Waals surface area contributed by atoms with Gasteiger partial charge in [-0.1, -0.05) is 39.5 Å². The quantitative estimate of drug-likeness (QED) is 0.665. The summed E-state index contributed by atoms with van der Waals surface area (Å²) in [5, 5.41) is 14.6. The van der Waals surface area contributed by atoms with Gasteiger partial charge in [0.25, 0.3) is 0 Å². The lowest BCUT2D eigenvalue weighted by molar-refractivity contribution is -0.144. The van der Waals surface area contributed by atoms with Crippen molar-refractivity contribution in [3.8, 4) is 0 Å². The van der Waals surface area contributed by atoms with E-state index < -0.39 is 11.5 Å². The molecule has 0 heterocycles. The van der Waals surface area contributed by atoms with E-state index in [9.17, 15) is 14.7 Å². The van der Waals surface area contributed by atoms with Gasteiger partial charge in [0, 0.05) is 6.54 Å². The smallest absolute Gasteiger partial charge is 0.329 e. The Morgan fingerprint density at radius 2 is 1.79 bits per heavy atom. The molecule has 1 rings (SSSR count). The molecule has 0 atom stereocenters. The summed E-state index contributed by atoms with van der Waals surface area (Å²) in [6, 6.07) is -0.371. The van der Waals surface area contributed by atoms with Crippen molar-refractivity contribution < 1.29 is 14.7 Å². The van der Waals surface area contributed by atoms with Crippen LogP contribution < -0.4 is 10.6 Å². The van der Waals surface area contributed by atoms with Crippen LogP contribution in [0.25, 0.3) is 0 Å². The van der Waals surface area contributed by atoms with Crippen LogP contribution in [0.3, 0.4) is 0 Å². The van der Waals surface area contributed by atoms with Crippen molar-refractivity contribution in [3.63, 3.8) is 0 Å². The monoisotopic (exact) mass is 270 g/mol. The second kappa shape index (κ2) is 7.36. The average molecular weight is 270 g/mol. The van der Waals surface area contributed by atoms with Crippen molar-refractivity contribution in [2.45, 2.75) is 64.3 Å². The molecule has 1 fully saturated rings. The number of hydrogen-bond acceptors (Lipinski definition) is 2. The first-order chi connectivity index (χ1) is 9.04. The number of amides is 2. The van der Waals surface area contributed by atoms with Crippen molar-refractivity contribution >= 4 is 12.0 Å². The van der Waals surface area contributed by atoms with Crippen LogP contribution in [0.1, 0.15) is 58.8 Å². The summed E-state index contributed by atoms with van der Waals surface area (Å²) in [6.45, 7) is 4.17. The number of carboxylic acid groups (broad SMARTS) is 1. The number of aliphatic carboxylic acids is 1. The third-order valence-electron chi connectivity index (χ3n) is 4.28. The number of urea groups is 1. The number of rotatable bonds is 7. The van der Waals surface area contributed by atoms with Gasteiger partial charge >= 0.3 is 12.0 Å². The van der Waals surface area contributed by atoms with E-state index in [0.29, 0.717) is 19.4 Å². The van der Waals surface area contributed by atoms with Gasteiger partial charge in [-0.25, -0.2) is 9.59 Å². The molecule has 0 spiro atoms. The lowest BCUT2D eigenvalue weighted by Crippen LogP contribution is -2.56. The van der Waals surface area contributed by atoms with Crippen LogP contribution in [0.15, 0.2) is 0 Å². The Bertz CT molecular complexity index is 308. The Morgan fingerprint density at radius 1 is 1.21 bits per heavy atom. The minimum atomic E-state index is -1.14. The summed E-state index contributed by atoms with van der Waals surface area (Å²) in [5.41, 5.74) is -1.14. The summed E-state index contributed by atoms with van der Waals surface area (Å²) in [5.74, 6) is -0.245. The van der Waals surface area contributed by atoms with Gasteiger partial charge in [0.2, 0.25) is 0 Å². The van der Waals surface area contributed by atoms with E-state index in [1.165, 1.54) is 25.7 Å². The molecule has 3 N–H and O–H groups in total. The van der Waals surface area contributed by atoms with Crippen LogP contribution in [0, 0.1) is 5.92 Å². The Balaban J connectivity index is 2.33. The average Bonchev–Trinajstić information content (AvgIpc) is 2.89. The topological polar surface area (TPSA) is 78.4 Å². The molecule has 110 valence electrons. The molecular weight excluding hydrogens is 244 g/mol. The predicted octanol–water partition coefficient (Wildman–Crippen LogP) is 2.51. The molecule has 5 heteroatoms. The first-order valence-corrected chi connectivity index (χ1v) is 7.33. The van der Waals surface area contributed by atoms with Gasteiger partial charge in [0.15, 0.2) is 0 Å². The number of carbonyl (C=O) groups excluding carboxylic acids is 1. The third-order valence-corrected chi connectivity index (χ3v) is 4.28. The molecule has 5 nitrogen and oxygen atoms in total. The van der Waals surface area contributed by atoms with Crippen molar-refractivity contribution in [1.82, 2.24) is 10.6 Å². The molecule has 1 aliphatic carbocycles. The largest absolute Gasteiger partial charge is 0.480 e. The van der Waals surface area contributed by atoms with Crippen LogP contribution in [0.5, 0.6) is 0 Å². The van der Waals surface area contributed by atoms with Gasteiger partial charge in [-0.15, -0.1) is 0 Å². The first kappa shape index (κ1) is 15.8. The Kier molecular flexibility index (Phi) is 6.12. The maximum absolute atomic E-state index is 11.8. The van der Waals surface area contributed by atoms with Crippen LogP contribution in [0.4, 0.5) is 4.79 Å². The summed E-state index contributed by atoms with van der Waals surface area (Å²) >= 11 is 0. The maximum Gasteiger partial charge on any atom is 0.329 e. The van der Waals surface area contributed by atoms with Gasteiger partial charge in [-0.05, 0) is 25.2 Å². The zero-order chi connectivity index (χ0) is 14.3. The molecule has 0 saturated heterocycles.